The highest BCUT2D eigenvalue weighted by molar-refractivity contribution is 4.77. The van der Waals surface area contributed by atoms with E-state index in [0.717, 1.165) is 6.42 Å². The minimum absolute atomic E-state index is 0.270. The largest absolute Gasteiger partial charge is 0.391 e. The minimum Gasteiger partial charge on any atom is -0.171 e. The topological polar surface area (TPSA) is 0 Å². The van der Waals surface area contributed by atoms with Gasteiger partial charge in [-0.1, -0.05) is 13.3 Å². The van der Waals surface area contributed by atoms with Crippen molar-refractivity contribution >= 4 is 0 Å². The summed E-state index contributed by atoms with van der Waals surface area (Å²) in [6.07, 6.45) is -2.52. The molecule has 1 saturated carbocycles. The molecule has 0 bridgehead atoms. The Balaban J connectivity index is 2.45. The molecular formula is C7H11F3. The molecule has 1 fully saturated rings. The molecule has 1 rings (SSSR count). The Morgan fingerprint density at radius 1 is 1.20 bits per heavy atom. The quantitative estimate of drug-likeness (QED) is 0.500. The maximum atomic E-state index is 11.9. The van der Waals surface area contributed by atoms with Gasteiger partial charge in [0.05, 0.1) is 5.92 Å². The molecule has 1 aliphatic rings. The van der Waals surface area contributed by atoms with E-state index in [0.29, 0.717) is 12.8 Å². The van der Waals surface area contributed by atoms with Crippen molar-refractivity contribution in [1.29, 1.82) is 0 Å². The zero-order valence-electron chi connectivity index (χ0n) is 5.91. The zero-order valence-corrected chi connectivity index (χ0v) is 5.91. The molecule has 0 heterocycles. The van der Waals surface area contributed by atoms with E-state index >= 15 is 0 Å². The van der Waals surface area contributed by atoms with Gasteiger partial charge in [-0.3, -0.25) is 0 Å². The van der Waals surface area contributed by atoms with Crippen LogP contribution in [0, 0.1) is 11.8 Å². The molecular weight excluding hydrogens is 141 g/mol. The lowest BCUT2D eigenvalue weighted by Gasteiger charge is -2.13. The van der Waals surface area contributed by atoms with E-state index in [4.69, 9.17) is 0 Å². The van der Waals surface area contributed by atoms with Crippen LogP contribution in [0.15, 0.2) is 0 Å². The number of rotatable bonds is 0. The third-order valence-corrected chi connectivity index (χ3v) is 2.16. The fraction of sp³-hybridized carbons (Fsp3) is 1.00. The van der Waals surface area contributed by atoms with Crippen LogP contribution in [0.3, 0.4) is 0 Å². The molecule has 0 unspecified atom stereocenters. The van der Waals surface area contributed by atoms with E-state index < -0.39 is 12.1 Å². The molecule has 2 atom stereocenters. The smallest absolute Gasteiger partial charge is 0.171 e. The average Bonchev–Trinajstić information content (AvgIpc) is 2.11. The molecule has 0 saturated heterocycles. The summed E-state index contributed by atoms with van der Waals surface area (Å²) in [6, 6.07) is 0. The molecule has 0 aromatic carbocycles. The third-order valence-electron chi connectivity index (χ3n) is 2.16. The maximum absolute atomic E-state index is 11.9. The Bertz CT molecular complexity index is 117. The lowest BCUT2D eigenvalue weighted by Crippen LogP contribution is -2.19. The lowest BCUT2D eigenvalue weighted by molar-refractivity contribution is -0.173. The van der Waals surface area contributed by atoms with Gasteiger partial charge in [0.2, 0.25) is 0 Å². The molecule has 0 nitrogen and oxygen atoms in total. The summed E-state index contributed by atoms with van der Waals surface area (Å²) in [6.45, 7) is 1.88. The maximum Gasteiger partial charge on any atom is 0.391 e. The highest BCUT2D eigenvalue weighted by Gasteiger charge is 2.42. The second kappa shape index (κ2) is 2.44. The number of hydrogen-bond donors (Lipinski definition) is 0. The van der Waals surface area contributed by atoms with Crippen LogP contribution in [-0.2, 0) is 0 Å². The first-order chi connectivity index (χ1) is 4.50. The van der Waals surface area contributed by atoms with Gasteiger partial charge in [0.15, 0.2) is 0 Å². The Morgan fingerprint density at radius 2 is 1.80 bits per heavy atom. The second-order valence-corrected chi connectivity index (χ2v) is 3.16. The van der Waals surface area contributed by atoms with E-state index in [1.165, 1.54) is 0 Å². The van der Waals surface area contributed by atoms with Gasteiger partial charge in [-0.15, -0.1) is 0 Å². The summed E-state index contributed by atoms with van der Waals surface area (Å²) in [4.78, 5) is 0. The first-order valence-electron chi connectivity index (χ1n) is 3.57. The van der Waals surface area contributed by atoms with Gasteiger partial charge in [-0.25, -0.2) is 0 Å². The highest BCUT2D eigenvalue weighted by Crippen LogP contribution is 2.41. The summed E-state index contributed by atoms with van der Waals surface area (Å²) >= 11 is 0. The molecule has 0 aromatic rings. The van der Waals surface area contributed by atoms with Crippen LogP contribution in [0.2, 0.25) is 0 Å². The molecule has 10 heavy (non-hydrogen) atoms. The first kappa shape index (κ1) is 7.89. The summed E-state index contributed by atoms with van der Waals surface area (Å²) in [5, 5.41) is 0. The van der Waals surface area contributed by atoms with Gasteiger partial charge in [0.1, 0.15) is 0 Å². The van der Waals surface area contributed by atoms with Gasteiger partial charge in [-0.05, 0) is 18.8 Å². The fourth-order valence-corrected chi connectivity index (χ4v) is 1.50. The van der Waals surface area contributed by atoms with E-state index in [-0.39, 0.29) is 5.92 Å². The van der Waals surface area contributed by atoms with Crippen LogP contribution in [0.1, 0.15) is 26.2 Å². The number of hydrogen-bond acceptors (Lipinski definition) is 0. The molecule has 1 aliphatic carbocycles. The molecule has 0 aliphatic heterocycles. The normalized spacial score (nSPS) is 34.8. The van der Waals surface area contributed by atoms with Crippen molar-refractivity contribution in [3.05, 3.63) is 0 Å². The standard InChI is InChI=1S/C7H11F3/c1-5-2-3-6(4-5)7(8,9)10/h5-6H,2-4H2,1H3/t5-,6+/m1/s1. The minimum atomic E-state index is -3.94. The summed E-state index contributed by atoms with van der Waals surface area (Å²) < 4.78 is 35.8. The predicted molar refractivity (Wildman–Crippen MR) is 32.6 cm³/mol. The Kier molecular flexibility index (Phi) is 1.92. The molecule has 60 valence electrons. The Labute approximate surface area is 58.4 Å². The Morgan fingerprint density at radius 3 is 2.00 bits per heavy atom. The monoisotopic (exact) mass is 152 g/mol. The van der Waals surface area contributed by atoms with Crippen LogP contribution in [0.25, 0.3) is 0 Å². The molecule has 0 N–H and O–H groups in total. The fourth-order valence-electron chi connectivity index (χ4n) is 1.50. The van der Waals surface area contributed by atoms with Crippen molar-refractivity contribution in [3.63, 3.8) is 0 Å². The summed E-state index contributed by atoms with van der Waals surface area (Å²) in [7, 11) is 0. The van der Waals surface area contributed by atoms with Crippen molar-refractivity contribution < 1.29 is 13.2 Å². The van der Waals surface area contributed by atoms with E-state index in [1.54, 1.807) is 0 Å². The third kappa shape index (κ3) is 1.64. The van der Waals surface area contributed by atoms with Crippen LogP contribution in [0.4, 0.5) is 13.2 Å². The zero-order chi connectivity index (χ0) is 7.78. The van der Waals surface area contributed by atoms with Crippen LogP contribution < -0.4 is 0 Å². The molecule has 0 spiro atoms. The summed E-state index contributed by atoms with van der Waals surface area (Å²) in [5.74, 6) is -0.742. The molecule has 0 radical (unpaired) electrons. The van der Waals surface area contributed by atoms with Crippen molar-refractivity contribution in [1.82, 2.24) is 0 Å². The Hall–Kier alpha value is -0.210. The number of alkyl halides is 3. The van der Waals surface area contributed by atoms with Crippen LogP contribution >= 0.6 is 0 Å². The van der Waals surface area contributed by atoms with Gasteiger partial charge in [-0.2, -0.15) is 13.2 Å². The van der Waals surface area contributed by atoms with Crippen LogP contribution in [-0.4, -0.2) is 6.18 Å². The lowest BCUT2D eigenvalue weighted by atomic mass is 10.1. The average molecular weight is 152 g/mol. The van der Waals surface area contributed by atoms with Gasteiger partial charge < -0.3 is 0 Å². The van der Waals surface area contributed by atoms with E-state index in [9.17, 15) is 13.2 Å². The number of halogens is 3. The molecule has 0 aromatic heterocycles. The first-order valence-corrected chi connectivity index (χ1v) is 3.57. The van der Waals surface area contributed by atoms with Gasteiger partial charge in [0, 0.05) is 0 Å². The van der Waals surface area contributed by atoms with Crippen molar-refractivity contribution in [2.45, 2.75) is 32.4 Å². The van der Waals surface area contributed by atoms with Crippen LogP contribution in [0.5, 0.6) is 0 Å². The SMILES string of the molecule is C[C@@H]1CC[C@H](C(F)(F)F)C1. The van der Waals surface area contributed by atoms with Crippen molar-refractivity contribution in [2.24, 2.45) is 11.8 Å². The van der Waals surface area contributed by atoms with Gasteiger partial charge >= 0.3 is 6.18 Å². The predicted octanol–water partition coefficient (Wildman–Crippen LogP) is 2.98. The highest BCUT2D eigenvalue weighted by atomic mass is 19.4. The van der Waals surface area contributed by atoms with Crippen molar-refractivity contribution in [2.75, 3.05) is 0 Å². The van der Waals surface area contributed by atoms with E-state index in [2.05, 4.69) is 0 Å². The molecule has 0 amide bonds. The molecule has 3 heteroatoms. The van der Waals surface area contributed by atoms with Gasteiger partial charge in [0.25, 0.3) is 0 Å². The summed E-state index contributed by atoms with van der Waals surface area (Å²) in [5.41, 5.74) is 0. The second-order valence-electron chi connectivity index (χ2n) is 3.16. The van der Waals surface area contributed by atoms with Crippen molar-refractivity contribution in [3.8, 4) is 0 Å². The van der Waals surface area contributed by atoms with E-state index in [1.807, 2.05) is 6.92 Å².